The number of rotatable bonds is 5. The number of aliphatic hydroxyl groups is 2. The molecule has 0 fully saturated rings. The zero-order valence-electron chi connectivity index (χ0n) is 16.7. The molecule has 1 aliphatic heterocycles. The van der Waals surface area contributed by atoms with Crippen LogP contribution in [0.1, 0.15) is 11.1 Å². The smallest absolute Gasteiger partial charge is 0.180 e. The maximum atomic E-state index is 12.7. The van der Waals surface area contributed by atoms with Gasteiger partial charge in [-0.25, -0.2) is 13.4 Å². The molecule has 4 rings (SSSR count). The highest BCUT2D eigenvalue weighted by atomic mass is 32.2. The van der Waals surface area contributed by atoms with Crippen LogP contribution in [0.4, 0.5) is 11.5 Å². The zero-order valence-corrected chi connectivity index (χ0v) is 17.6. The number of nitrogens with zero attached hydrogens (tertiary/aromatic N) is 2. The van der Waals surface area contributed by atoms with Crippen LogP contribution in [0.5, 0.6) is 0 Å². The molecule has 0 saturated carbocycles. The van der Waals surface area contributed by atoms with Crippen molar-refractivity contribution < 1.29 is 18.6 Å². The van der Waals surface area contributed by atoms with Gasteiger partial charge in [0, 0.05) is 30.2 Å². The molecule has 0 bridgehead atoms. The van der Waals surface area contributed by atoms with E-state index in [1.54, 1.807) is 12.1 Å². The average molecular weight is 428 g/mol. The topological polar surface area (TPSA) is 103 Å². The molecule has 1 aromatic heterocycles. The third-order valence-corrected chi connectivity index (χ3v) is 7.16. The Kier molecular flexibility index (Phi) is 5.64. The molecule has 0 saturated heterocycles. The fraction of sp³-hybridized carbons (Fsp3) is 0.318. The number of pyridine rings is 1. The second-order valence-electron chi connectivity index (χ2n) is 7.60. The predicted molar refractivity (Wildman–Crippen MR) is 118 cm³/mol. The van der Waals surface area contributed by atoms with Gasteiger partial charge in [-0.3, -0.25) is 0 Å². The third-order valence-electron chi connectivity index (χ3n) is 5.37. The highest BCUT2D eigenvalue weighted by Gasteiger charge is 2.26. The molecular formula is C22H25N3O4S. The fourth-order valence-corrected chi connectivity index (χ4v) is 5.23. The standard InChI is InChI=1S/C22H25N3O4S/c1-15-6-7-19-18(10-15)20(23-17(13-26)14-27)11-22(24-19)25-8-9-30(28,29)21-5-3-2-4-16(21)12-25/h2-7,10-11,17,26-27H,8-9,12-14H2,1H3,(H,23,24). The van der Waals surface area contributed by atoms with E-state index in [0.29, 0.717) is 23.8 Å². The van der Waals surface area contributed by atoms with E-state index in [0.717, 1.165) is 27.7 Å². The van der Waals surface area contributed by atoms with Gasteiger partial charge >= 0.3 is 0 Å². The van der Waals surface area contributed by atoms with Crippen LogP contribution in [0.2, 0.25) is 0 Å². The van der Waals surface area contributed by atoms with Gasteiger partial charge in [-0.2, -0.15) is 0 Å². The van der Waals surface area contributed by atoms with Gasteiger partial charge in [0.2, 0.25) is 0 Å². The number of nitrogens with one attached hydrogen (secondary N) is 1. The zero-order chi connectivity index (χ0) is 21.3. The van der Waals surface area contributed by atoms with Crippen molar-refractivity contribution in [3.8, 4) is 0 Å². The van der Waals surface area contributed by atoms with Crippen LogP contribution in [0.15, 0.2) is 53.4 Å². The van der Waals surface area contributed by atoms with Crippen molar-refractivity contribution >= 4 is 32.2 Å². The number of aliphatic hydroxyl groups excluding tert-OH is 2. The van der Waals surface area contributed by atoms with E-state index in [1.165, 1.54) is 0 Å². The minimum absolute atomic E-state index is 0.0102. The summed E-state index contributed by atoms with van der Waals surface area (Å²) < 4.78 is 25.4. The van der Waals surface area contributed by atoms with Crippen molar-refractivity contribution in [1.29, 1.82) is 0 Å². The van der Waals surface area contributed by atoms with Crippen LogP contribution in [0, 0.1) is 6.92 Å². The highest BCUT2D eigenvalue weighted by molar-refractivity contribution is 7.91. The van der Waals surface area contributed by atoms with Gasteiger partial charge in [0.15, 0.2) is 9.84 Å². The largest absolute Gasteiger partial charge is 0.394 e. The van der Waals surface area contributed by atoms with E-state index < -0.39 is 15.9 Å². The quantitative estimate of drug-likeness (QED) is 0.573. The van der Waals surface area contributed by atoms with Crippen molar-refractivity contribution in [3.05, 3.63) is 59.7 Å². The Labute approximate surface area is 175 Å². The summed E-state index contributed by atoms with van der Waals surface area (Å²) in [6, 6.07) is 14.3. The van der Waals surface area contributed by atoms with E-state index in [9.17, 15) is 18.6 Å². The van der Waals surface area contributed by atoms with Crippen molar-refractivity contribution in [2.75, 3.05) is 35.7 Å². The normalized spacial score (nSPS) is 15.8. The molecule has 0 unspecified atom stereocenters. The lowest BCUT2D eigenvalue weighted by Crippen LogP contribution is -2.29. The van der Waals surface area contributed by atoms with Crippen LogP contribution in [-0.2, 0) is 16.4 Å². The number of sulfone groups is 1. The van der Waals surface area contributed by atoms with E-state index in [2.05, 4.69) is 5.32 Å². The Balaban J connectivity index is 1.80. The first-order valence-corrected chi connectivity index (χ1v) is 11.5. The molecule has 8 heteroatoms. The minimum Gasteiger partial charge on any atom is -0.394 e. The van der Waals surface area contributed by atoms with Crippen LogP contribution in [0.3, 0.4) is 0 Å². The van der Waals surface area contributed by atoms with Gasteiger partial charge in [-0.15, -0.1) is 0 Å². The fourth-order valence-electron chi connectivity index (χ4n) is 3.73. The molecule has 0 spiro atoms. The first kappa shape index (κ1) is 20.6. The number of aryl methyl sites for hydroxylation is 1. The SMILES string of the molecule is Cc1ccc2nc(N3CCS(=O)(=O)c4ccccc4C3)cc(NC(CO)CO)c2c1. The molecular weight excluding hydrogens is 402 g/mol. The summed E-state index contributed by atoms with van der Waals surface area (Å²) >= 11 is 0. The van der Waals surface area contributed by atoms with Crippen molar-refractivity contribution in [2.24, 2.45) is 0 Å². The van der Waals surface area contributed by atoms with E-state index >= 15 is 0 Å². The van der Waals surface area contributed by atoms with Gasteiger partial charge < -0.3 is 20.4 Å². The monoisotopic (exact) mass is 427 g/mol. The molecule has 158 valence electrons. The van der Waals surface area contributed by atoms with E-state index in [-0.39, 0.29) is 19.0 Å². The molecule has 30 heavy (non-hydrogen) atoms. The van der Waals surface area contributed by atoms with E-state index in [4.69, 9.17) is 4.98 Å². The second kappa shape index (κ2) is 8.22. The Morgan fingerprint density at radius 2 is 1.90 bits per heavy atom. The number of hydrogen-bond acceptors (Lipinski definition) is 7. The first-order chi connectivity index (χ1) is 14.4. The minimum atomic E-state index is -3.36. The lowest BCUT2D eigenvalue weighted by atomic mass is 10.1. The summed E-state index contributed by atoms with van der Waals surface area (Å²) in [6.07, 6.45) is 0. The maximum absolute atomic E-state index is 12.7. The van der Waals surface area contributed by atoms with Crippen LogP contribution in [0.25, 0.3) is 10.9 Å². The molecule has 0 aliphatic carbocycles. The van der Waals surface area contributed by atoms with Crippen molar-refractivity contribution in [1.82, 2.24) is 4.98 Å². The number of anilines is 2. The molecule has 2 aromatic carbocycles. The Morgan fingerprint density at radius 3 is 2.67 bits per heavy atom. The van der Waals surface area contributed by atoms with Crippen LogP contribution >= 0.6 is 0 Å². The maximum Gasteiger partial charge on any atom is 0.180 e. The Morgan fingerprint density at radius 1 is 1.13 bits per heavy atom. The summed E-state index contributed by atoms with van der Waals surface area (Å²) in [5, 5.41) is 23.1. The number of benzene rings is 2. The van der Waals surface area contributed by atoms with Gasteiger partial charge in [0.25, 0.3) is 0 Å². The lowest BCUT2D eigenvalue weighted by Gasteiger charge is -2.24. The lowest BCUT2D eigenvalue weighted by molar-refractivity contribution is 0.204. The summed E-state index contributed by atoms with van der Waals surface area (Å²) in [6.45, 7) is 2.32. The van der Waals surface area contributed by atoms with Gasteiger partial charge in [-0.1, -0.05) is 29.8 Å². The third kappa shape index (κ3) is 3.98. The molecule has 1 aliphatic rings. The molecule has 2 heterocycles. The Hall–Kier alpha value is -2.68. The van der Waals surface area contributed by atoms with Gasteiger partial charge in [0.1, 0.15) is 5.82 Å². The van der Waals surface area contributed by atoms with Crippen LogP contribution in [-0.4, -0.2) is 55.2 Å². The number of aromatic nitrogens is 1. The summed E-state index contributed by atoms with van der Waals surface area (Å²) in [5.74, 6) is 0.659. The average Bonchev–Trinajstić information content (AvgIpc) is 2.88. The second-order valence-corrected chi connectivity index (χ2v) is 9.68. The van der Waals surface area contributed by atoms with Gasteiger partial charge in [0.05, 0.1) is 35.4 Å². The summed E-state index contributed by atoms with van der Waals surface area (Å²) in [4.78, 5) is 7.12. The highest BCUT2D eigenvalue weighted by Crippen LogP contribution is 2.31. The Bertz CT molecular complexity index is 1180. The van der Waals surface area contributed by atoms with Crippen molar-refractivity contribution in [2.45, 2.75) is 24.4 Å². The summed E-state index contributed by atoms with van der Waals surface area (Å²) in [5.41, 5.74) is 3.32. The first-order valence-electron chi connectivity index (χ1n) is 9.86. The van der Waals surface area contributed by atoms with Crippen molar-refractivity contribution in [3.63, 3.8) is 0 Å². The molecule has 0 radical (unpaired) electrons. The van der Waals surface area contributed by atoms with Crippen LogP contribution < -0.4 is 10.2 Å². The molecule has 3 aromatic rings. The molecule has 0 amide bonds. The number of fused-ring (bicyclic) bond motifs is 2. The molecule has 3 N–H and O–H groups in total. The molecule has 7 nitrogen and oxygen atoms in total. The van der Waals surface area contributed by atoms with E-state index in [1.807, 2.05) is 48.2 Å². The summed E-state index contributed by atoms with van der Waals surface area (Å²) in [7, 11) is -3.36. The predicted octanol–water partition coefficient (Wildman–Crippen LogP) is 2.10. The number of hydrogen-bond donors (Lipinski definition) is 3. The molecule has 0 atom stereocenters. The van der Waals surface area contributed by atoms with Gasteiger partial charge in [-0.05, 0) is 30.7 Å².